The van der Waals surface area contributed by atoms with Crippen LogP contribution in [-0.4, -0.2) is 29.1 Å². The van der Waals surface area contributed by atoms with Gasteiger partial charge in [-0.1, -0.05) is 13.3 Å². The predicted octanol–water partition coefficient (Wildman–Crippen LogP) is 2.84. The number of H-pyrrole nitrogens is 1. The molecule has 3 N–H and O–H groups in total. The summed E-state index contributed by atoms with van der Waals surface area (Å²) >= 11 is 0. The van der Waals surface area contributed by atoms with Crippen LogP contribution in [-0.2, 0) is 0 Å². The van der Waals surface area contributed by atoms with Gasteiger partial charge in [0.25, 0.3) is 5.91 Å². The smallest absolute Gasteiger partial charge is 0.267 e. The first-order valence-electron chi connectivity index (χ1n) is 7.31. The molecule has 1 atom stereocenters. The quantitative estimate of drug-likeness (QED) is 0.734. The summed E-state index contributed by atoms with van der Waals surface area (Å²) in [6, 6.07) is 6.02. The second-order valence-corrected chi connectivity index (χ2v) is 5.29. The third-order valence-electron chi connectivity index (χ3n) is 3.61. The van der Waals surface area contributed by atoms with E-state index in [-0.39, 0.29) is 24.2 Å². The molecule has 1 unspecified atom stereocenters. The number of fused-ring (bicyclic) bond motifs is 1. The molecule has 0 saturated carbocycles. The van der Waals surface area contributed by atoms with Gasteiger partial charge in [-0.05, 0) is 43.0 Å². The van der Waals surface area contributed by atoms with Crippen LogP contribution in [0.5, 0.6) is 0 Å². The van der Waals surface area contributed by atoms with Crippen LogP contribution in [0.25, 0.3) is 10.9 Å². The molecular weight excluding hydrogens is 271 g/mol. The molecule has 1 heterocycles. The van der Waals surface area contributed by atoms with Crippen molar-refractivity contribution in [2.24, 2.45) is 5.92 Å². The Morgan fingerprint density at radius 1 is 1.38 bits per heavy atom. The van der Waals surface area contributed by atoms with E-state index in [0.29, 0.717) is 24.0 Å². The van der Waals surface area contributed by atoms with E-state index in [1.165, 1.54) is 12.1 Å². The zero-order valence-corrected chi connectivity index (χ0v) is 12.2. The van der Waals surface area contributed by atoms with Gasteiger partial charge < -0.3 is 15.4 Å². The monoisotopic (exact) mass is 292 g/mol. The van der Waals surface area contributed by atoms with E-state index in [2.05, 4.69) is 17.2 Å². The van der Waals surface area contributed by atoms with Gasteiger partial charge in [0.1, 0.15) is 11.5 Å². The van der Waals surface area contributed by atoms with Crippen molar-refractivity contribution in [1.29, 1.82) is 0 Å². The molecule has 5 heteroatoms. The lowest BCUT2D eigenvalue weighted by molar-refractivity contribution is 0.0938. The molecule has 0 saturated heterocycles. The van der Waals surface area contributed by atoms with E-state index in [0.717, 1.165) is 18.4 Å². The van der Waals surface area contributed by atoms with E-state index in [1.807, 2.05) is 0 Å². The number of carbonyl (C=O) groups excluding carboxylic acids is 1. The molecule has 0 aliphatic carbocycles. The number of carbonyl (C=O) groups is 1. The normalized spacial score (nSPS) is 12.5. The number of benzene rings is 1. The van der Waals surface area contributed by atoms with Gasteiger partial charge in [-0.3, -0.25) is 4.79 Å². The molecule has 0 aliphatic rings. The highest BCUT2D eigenvalue weighted by molar-refractivity contribution is 5.97. The van der Waals surface area contributed by atoms with Crippen molar-refractivity contribution >= 4 is 16.8 Å². The lowest BCUT2D eigenvalue weighted by atomic mass is 10.0. The lowest BCUT2D eigenvalue weighted by Crippen LogP contribution is -2.30. The summed E-state index contributed by atoms with van der Waals surface area (Å²) in [4.78, 5) is 15.1. The molecular formula is C16H21FN2O2. The highest BCUT2D eigenvalue weighted by Gasteiger charge is 2.13. The van der Waals surface area contributed by atoms with Crippen LogP contribution >= 0.6 is 0 Å². The Balaban J connectivity index is 2.01. The van der Waals surface area contributed by atoms with E-state index in [1.54, 1.807) is 12.1 Å². The Morgan fingerprint density at radius 3 is 2.90 bits per heavy atom. The van der Waals surface area contributed by atoms with Gasteiger partial charge in [-0.15, -0.1) is 0 Å². The van der Waals surface area contributed by atoms with E-state index < -0.39 is 0 Å². The van der Waals surface area contributed by atoms with Gasteiger partial charge in [0.15, 0.2) is 0 Å². The van der Waals surface area contributed by atoms with Crippen molar-refractivity contribution in [3.63, 3.8) is 0 Å². The Bertz CT molecular complexity index is 603. The topological polar surface area (TPSA) is 65.1 Å². The molecule has 0 radical (unpaired) electrons. The van der Waals surface area contributed by atoms with Gasteiger partial charge in [0.05, 0.1) is 0 Å². The molecule has 0 spiro atoms. The first-order valence-corrected chi connectivity index (χ1v) is 7.31. The molecule has 1 aromatic heterocycles. The molecule has 2 aromatic rings. The zero-order valence-electron chi connectivity index (χ0n) is 12.2. The summed E-state index contributed by atoms with van der Waals surface area (Å²) in [6.45, 7) is 2.75. The molecule has 21 heavy (non-hydrogen) atoms. The van der Waals surface area contributed by atoms with Crippen molar-refractivity contribution in [2.75, 3.05) is 13.2 Å². The largest absolute Gasteiger partial charge is 0.396 e. The number of aromatic amines is 1. The molecule has 0 fully saturated rings. The second kappa shape index (κ2) is 7.22. The van der Waals surface area contributed by atoms with Crippen LogP contribution in [0.1, 0.15) is 36.7 Å². The number of aromatic nitrogens is 1. The number of aliphatic hydroxyl groups excluding tert-OH is 1. The number of aliphatic hydroxyl groups is 1. The Morgan fingerprint density at radius 2 is 2.19 bits per heavy atom. The van der Waals surface area contributed by atoms with Crippen LogP contribution in [0, 0.1) is 11.7 Å². The average molecular weight is 292 g/mol. The second-order valence-electron chi connectivity index (χ2n) is 5.29. The van der Waals surface area contributed by atoms with Crippen LogP contribution in [0.3, 0.4) is 0 Å². The van der Waals surface area contributed by atoms with Crippen molar-refractivity contribution in [2.45, 2.75) is 26.2 Å². The van der Waals surface area contributed by atoms with Crippen LogP contribution < -0.4 is 5.32 Å². The molecule has 4 nitrogen and oxygen atoms in total. The van der Waals surface area contributed by atoms with Gasteiger partial charge >= 0.3 is 0 Å². The van der Waals surface area contributed by atoms with E-state index >= 15 is 0 Å². The maximum absolute atomic E-state index is 13.1. The maximum Gasteiger partial charge on any atom is 0.267 e. The number of nitrogens with one attached hydrogen (secondary N) is 2. The Kier molecular flexibility index (Phi) is 5.33. The summed E-state index contributed by atoms with van der Waals surface area (Å²) in [5.41, 5.74) is 1.16. The van der Waals surface area contributed by atoms with E-state index in [4.69, 9.17) is 5.11 Å². The third kappa shape index (κ3) is 4.04. The number of amides is 1. The number of halogens is 1. The maximum atomic E-state index is 13.1. The van der Waals surface area contributed by atoms with Crippen molar-refractivity contribution < 1.29 is 14.3 Å². The Labute approximate surface area is 123 Å². The SMILES string of the molecule is CCCC(CCO)CNC(=O)c1cc2cc(F)ccc2[nH]1. The highest BCUT2D eigenvalue weighted by Crippen LogP contribution is 2.17. The van der Waals surface area contributed by atoms with Crippen molar-refractivity contribution in [3.8, 4) is 0 Å². The predicted molar refractivity (Wildman–Crippen MR) is 80.7 cm³/mol. The van der Waals surface area contributed by atoms with Crippen molar-refractivity contribution in [3.05, 3.63) is 35.8 Å². The zero-order chi connectivity index (χ0) is 15.2. The minimum Gasteiger partial charge on any atom is -0.396 e. The first kappa shape index (κ1) is 15.5. The molecule has 2 rings (SSSR count). The minimum atomic E-state index is -0.320. The molecule has 1 amide bonds. The molecule has 0 aliphatic heterocycles. The van der Waals surface area contributed by atoms with Crippen LogP contribution in [0.2, 0.25) is 0 Å². The van der Waals surface area contributed by atoms with Gasteiger partial charge in [0, 0.05) is 24.1 Å². The fourth-order valence-electron chi connectivity index (χ4n) is 2.50. The standard InChI is InChI=1S/C16H21FN2O2/c1-2-3-11(6-7-20)10-18-16(21)15-9-12-8-13(17)4-5-14(12)19-15/h4-5,8-9,11,19-20H,2-3,6-7,10H2,1H3,(H,18,21). The summed E-state index contributed by atoms with van der Waals surface area (Å²) in [6.07, 6.45) is 2.68. The molecule has 114 valence electrons. The summed E-state index contributed by atoms with van der Waals surface area (Å²) in [5, 5.41) is 12.6. The van der Waals surface area contributed by atoms with Crippen LogP contribution in [0.15, 0.2) is 24.3 Å². The van der Waals surface area contributed by atoms with Crippen molar-refractivity contribution in [1.82, 2.24) is 10.3 Å². The van der Waals surface area contributed by atoms with Gasteiger partial charge in [-0.2, -0.15) is 0 Å². The fourth-order valence-corrected chi connectivity index (χ4v) is 2.50. The fraction of sp³-hybridized carbons (Fsp3) is 0.438. The number of hydrogen-bond acceptors (Lipinski definition) is 2. The molecule has 1 aromatic carbocycles. The van der Waals surface area contributed by atoms with E-state index in [9.17, 15) is 9.18 Å². The average Bonchev–Trinajstić information content (AvgIpc) is 2.88. The lowest BCUT2D eigenvalue weighted by Gasteiger charge is -2.15. The summed E-state index contributed by atoms with van der Waals surface area (Å²) < 4.78 is 13.1. The van der Waals surface area contributed by atoms with Gasteiger partial charge in [-0.25, -0.2) is 4.39 Å². The number of hydrogen-bond donors (Lipinski definition) is 3. The minimum absolute atomic E-state index is 0.131. The molecule has 0 bridgehead atoms. The van der Waals surface area contributed by atoms with Crippen LogP contribution in [0.4, 0.5) is 4.39 Å². The highest BCUT2D eigenvalue weighted by atomic mass is 19.1. The summed E-state index contributed by atoms with van der Waals surface area (Å²) in [5.74, 6) is -0.240. The third-order valence-corrected chi connectivity index (χ3v) is 3.61. The summed E-state index contributed by atoms with van der Waals surface area (Å²) in [7, 11) is 0. The van der Waals surface area contributed by atoms with Gasteiger partial charge in [0.2, 0.25) is 0 Å². The first-order chi connectivity index (χ1) is 10.1. The Hall–Kier alpha value is -1.88. The number of rotatable bonds is 7.